The van der Waals surface area contributed by atoms with E-state index >= 15 is 0 Å². The van der Waals surface area contributed by atoms with Crippen LogP contribution in [0, 0.1) is 0 Å². The highest BCUT2D eigenvalue weighted by Gasteiger charge is 2.47. The number of para-hydroxylation sites is 1. The largest absolute Gasteiger partial charge is 0.310 e. The number of hydrogen-bond acceptors (Lipinski definition) is 1. The molecule has 0 saturated heterocycles. The van der Waals surface area contributed by atoms with Crippen molar-refractivity contribution < 1.29 is 0 Å². The topological polar surface area (TPSA) is 8.17 Å². The van der Waals surface area contributed by atoms with Gasteiger partial charge in [0.1, 0.15) is 0 Å². The van der Waals surface area contributed by atoms with E-state index in [1.165, 1.54) is 93.4 Å². The van der Waals surface area contributed by atoms with Gasteiger partial charge in [0.2, 0.25) is 0 Å². The minimum absolute atomic E-state index is 0.522. The van der Waals surface area contributed by atoms with E-state index in [-0.39, 0.29) is 0 Å². The molecule has 0 amide bonds. The van der Waals surface area contributed by atoms with E-state index in [2.05, 4.69) is 289 Å². The van der Waals surface area contributed by atoms with Gasteiger partial charge in [-0.1, -0.05) is 231 Å². The maximum absolute atomic E-state index is 2.47. The predicted octanol–water partition coefficient (Wildman–Crippen LogP) is 18.3. The van der Waals surface area contributed by atoms with E-state index in [1.54, 1.807) is 0 Å². The summed E-state index contributed by atoms with van der Waals surface area (Å²) in [6, 6.07) is 103. The van der Waals surface area contributed by atoms with Crippen LogP contribution in [0.25, 0.3) is 82.4 Å². The summed E-state index contributed by atoms with van der Waals surface area (Å²) in [6.07, 6.45) is 0. The molecule has 12 aromatic carbocycles. The average molecular weight is 903 g/mol. The average Bonchev–Trinajstić information content (AvgIpc) is 3.96. The van der Waals surface area contributed by atoms with Gasteiger partial charge in [0, 0.05) is 38.8 Å². The van der Waals surface area contributed by atoms with Crippen LogP contribution in [0.2, 0.25) is 0 Å². The third-order valence-corrected chi connectivity index (χ3v) is 15.1. The van der Waals surface area contributed by atoms with Crippen LogP contribution in [0.3, 0.4) is 0 Å². The number of anilines is 3. The maximum atomic E-state index is 2.47. The summed E-state index contributed by atoms with van der Waals surface area (Å²) in [5.41, 5.74) is 18.7. The number of aromatic nitrogens is 1. The quantitative estimate of drug-likeness (QED) is 0.147. The van der Waals surface area contributed by atoms with E-state index < -0.39 is 5.41 Å². The molecule has 13 aromatic rings. The van der Waals surface area contributed by atoms with Crippen LogP contribution in [0.4, 0.5) is 17.1 Å². The second kappa shape index (κ2) is 16.5. The lowest BCUT2D eigenvalue weighted by atomic mass is 9.68. The molecule has 0 radical (unpaired) electrons. The fraction of sp³-hybridized carbons (Fsp3) is 0.0145. The van der Waals surface area contributed by atoms with Crippen LogP contribution in [0.15, 0.2) is 279 Å². The Bertz CT molecular complexity index is 4090. The van der Waals surface area contributed by atoms with Crippen molar-refractivity contribution in [2.45, 2.75) is 5.41 Å². The summed E-state index contributed by atoms with van der Waals surface area (Å²) in [7, 11) is 0. The van der Waals surface area contributed by atoms with Crippen LogP contribution in [-0.4, -0.2) is 4.57 Å². The second-order valence-electron chi connectivity index (χ2n) is 18.8. The van der Waals surface area contributed by atoms with E-state index in [9.17, 15) is 0 Å². The molecule has 0 saturated carbocycles. The zero-order valence-electron chi connectivity index (χ0n) is 39.0. The number of hydrogen-bond donors (Lipinski definition) is 0. The van der Waals surface area contributed by atoms with Gasteiger partial charge in [0.15, 0.2) is 0 Å². The van der Waals surface area contributed by atoms with Crippen LogP contribution >= 0.6 is 0 Å². The molecule has 1 aliphatic carbocycles. The van der Waals surface area contributed by atoms with Gasteiger partial charge in [-0.3, -0.25) is 0 Å². The fourth-order valence-corrected chi connectivity index (χ4v) is 12.0. The van der Waals surface area contributed by atoms with E-state index in [1.807, 2.05) is 0 Å². The normalized spacial score (nSPS) is 12.6. The van der Waals surface area contributed by atoms with E-state index in [4.69, 9.17) is 0 Å². The van der Waals surface area contributed by atoms with E-state index in [0.29, 0.717) is 0 Å². The molecule has 71 heavy (non-hydrogen) atoms. The van der Waals surface area contributed by atoms with Gasteiger partial charge < -0.3 is 9.47 Å². The number of fused-ring (bicyclic) bond motifs is 9. The van der Waals surface area contributed by atoms with Crippen LogP contribution < -0.4 is 4.90 Å². The lowest BCUT2D eigenvalue weighted by molar-refractivity contribution is 0.768. The second-order valence-corrected chi connectivity index (χ2v) is 18.8. The molecule has 0 fully saturated rings. The van der Waals surface area contributed by atoms with Gasteiger partial charge in [-0.2, -0.15) is 0 Å². The molecule has 2 nitrogen and oxygen atoms in total. The summed E-state index contributed by atoms with van der Waals surface area (Å²) in [5, 5.41) is 7.48. The summed E-state index contributed by atoms with van der Waals surface area (Å²) in [6.45, 7) is 0. The molecule has 0 spiro atoms. The summed E-state index contributed by atoms with van der Waals surface area (Å²) in [4.78, 5) is 2.47. The molecular formula is C69H46N2. The standard InChI is InChI=1S/C69H46N2/c1-4-21-52(22-5-1)69(53-23-6-2-7-24-53)63-31-15-14-29-62(63)67-64(69)32-17-33-65(67)70(56-42-36-50(37-43-56)58-30-16-20-48-18-10-12-27-57(48)58)55-40-34-47(35-41-55)51-39-44-60-61-45-38-49-19-11-13-28-59(49)68(61)71(66(60)46-51)54-25-8-3-9-26-54/h1-46H. The Hall–Kier alpha value is -9.24. The first kappa shape index (κ1) is 40.8. The lowest BCUT2D eigenvalue weighted by Gasteiger charge is -2.34. The third-order valence-electron chi connectivity index (χ3n) is 15.1. The maximum Gasteiger partial charge on any atom is 0.0714 e. The van der Waals surface area contributed by atoms with Crippen molar-refractivity contribution in [3.8, 4) is 39.1 Å². The van der Waals surface area contributed by atoms with Crippen molar-refractivity contribution in [2.24, 2.45) is 0 Å². The molecule has 0 bridgehead atoms. The molecule has 1 aromatic heterocycles. The first-order chi connectivity index (χ1) is 35.2. The third kappa shape index (κ3) is 6.35. The van der Waals surface area contributed by atoms with Gasteiger partial charge in [0.05, 0.1) is 22.1 Å². The molecule has 2 heteroatoms. The zero-order valence-corrected chi connectivity index (χ0v) is 39.0. The fourth-order valence-electron chi connectivity index (χ4n) is 12.0. The molecule has 0 unspecified atom stereocenters. The van der Waals surface area contributed by atoms with Crippen molar-refractivity contribution in [3.63, 3.8) is 0 Å². The number of benzene rings is 12. The molecule has 332 valence electrons. The van der Waals surface area contributed by atoms with Gasteiger partial charge in [0.25, 0.3) is 0 Å². The molecule has 0 aliphatic heterocycles. The highest BCUT2D eigenvalue weighted by Crippen LogP contribution is 2.59. The Balaban J connectivity index is 0.959. The molecule has 0 N–H and O–H groups in total. The lowest BCUT2D eigenvalue weighted by Crippen LogP contribution is -2.28. The molecule has 1 aliphatic rings. The number of nitrogens with zero attached hydrogens (tertiary/aromatic N) is 2. The molecule has 0 atom stereocenters. The van der Waals surface area contributed by atoms with Gasteiger partial charge >= 0.3 is 0 Å². The Morgan fingerprint density at radius 1 is 0.324 bits per heavy atom. The summed E-state index contributed by atoms with van der Waals surface area (Å²) in [5.74, 6) is 0. The van der Waals surface area contributed by atoms with Crippen LogP contribution in [0.5, 0.6) is 0 Å². The minimum atomic E-state index is -0.522. The minimum Gasteiger partial charge on any atom is -0.310 e. The number of rotatable bonds is 8. The molecule has 14 rings (SSSR count). The van der Waals surface area contributed by atoms with Crippen LogP contribution in [-0.2, 0) is 5.41 Å². The zero-order chi connectivity index (χ0) is 46.9. The Labute approximate surface area is 413 Å². The van der Waals surface area contributed by atoms with Crippen molar-refractivity contribution >= 4 is 60.4 Å². The highest BCUT2D eigenvalue weighted by molar-refractivity contribution is 6.19. The Morgan fingerprint density at radius 3 is 1.56 bits per heavy atom. The van der Waals surface area contributed by atoms with Crippen LogP contribution in [0.1, 0.15) is 22.3 Å². The van der Waals surface area contributed by atoms with Gasteiger partial charge in [-0.05, 0) is 115 Å². The predicted molar refractivity (Wildman–Crippen MR) is 299 cm³/mol. The van der Waals surface area contributed by atoms with Crippen molar-refractivity contribution in [2.75, 3.05) is 4.90 Å². The summed E-state index contributed by atoms with van der Waals surface area (Å²) < 4.78 is 2.45. The Morgan fingerprint density at radius 2 is 0.845 bits per heavy atom. The van der Waals surface area contributed by atoms with Crippen molar-refractivity contribution in [1.29, 1.82) is 0 Å². The van der Waals surface area contributed by atoms with Gasteiger partial charge in [-0.15, -0.1) is 0 Å². The first-order valence-corrected chi connectivity index (χ1v) is 24.6. The van der Waals surface area contributed by atoms with Gasteiger partial charge in [-0.25, -0.2) is 0 Å². The highest BCUT2D eigenvalue weighted by atomic mass is 15.1. The summed E-state index contributed by atoms with van der Waals surface area (Å²) >= 11 is 0. The van der Waals surface area contributed by atoms with Crippen molar-refractivity contribution in [3.05, 3.63) is 301 Å². The Kier molecular flexibility index (Phi) is 9.47. The van der Waals surface area contributed by atoms with E-state index in [0.717, 1.165) is 28.3 Å². The SMILES string of the molecule is c1ccc(-n2c3cc(-c4ccc(N(c5ccc(-c6cccc7ccccc67)cc5)c5cccc6c5-c5ccccc5C6(c5ccccc5)c5ccccc5)cc4)ccc3c3ccc4ccccc4c32)cc1. The van der Waals surface area contributed by atoms with Crippen molar-refractivity contribution in [1.82, 2.24) is 4.57 Å². The molecular weight excluding hydrogens is 857 g/mol. The first-order valence-electron chi connectivity index (χ1n) is 24.6. The molecule has 1 heterocycles. The monoisotopic (exact) mass is 902 g/mol. The smallest absolute Gasteiger partial charge is 0.0714 e.